The fourth-order valence-corrected chi connectivity index (χ4v) is 1.70. The zero-order valence-corrected chi connectivity index (χ0v) is 10.3. The van der Waals surface area contributed by atoms with Crippen LogP contribution in [0.5, 0.6) is 0 Å². The summed E-state index contributed by atoms with van der Waals surface area (Å²) in [6.07, 6.45) is 3.21. The number of carbonyl (C=O) groups excluding carboxylic acids is 1. The molecule has 6 heteroatoms. The Morgan fingerprint density at radius 2 is 2.24 bits per heavy atom. The molecule has 1 fully saturated rings. The minimum Gasteiger partial charge on any atom is -0.480 e. The smallest absolute Gasteiger partial charge is 0.325 e. The van der Waals surface area contributed by atoms with Gasteiger partial charge in [-0.1, -0.05) is 0 Å². The molecular formula is C11H20N2O4. The molecule has 0 aliphatic carbocycles. The first-order valence-corrected chi connectivity index (χ1v) is 5.86. The van der Waals surface area contributed by atoms with Crippen LogP contribution in [-0.2, 0) is 9.53 Å². The summed E-state index contributed by atoms with van der Waals surface area (Å²) in [5, 5.41) is 11.1. The summed E-state index contributed by atoms with van der Waals surface area (Å²) >= 11 is 0. The van der Waals surface area contributed by atoms with Crippen molar-refractivity contribution < 1.29 is 19.4 Å². The van der Waals surface area contributed by atoms with Crippen LogP contribution in [-0.4, -0.2) is 54.4 Å². The average Bonchev–Trinajstić information content (AvgIpc) is 2.29. The van der Waals surface area contributed by atoms with Gasteiger partial charge in [0.15, 0.2) is 0 Å². The summed E-state index contributed by atoms with van der Waals surface area (Å²) in [5.74, 6) is -1.04. The van der Waals surface area contributed by atoms with E-state index in [-0.39, 0.29) is 12.1 Å². The standard InChI is InChI=1S/C11H20N2O4/c1-8(10(14)15)12-11(16)13(2)7-9-5-3-4-6-17-9/h8-9H,3-7H2,1-2H3,(H,12,16)(H,14,15)/t8-,9?/m1/s1. The van der Waals surface area contributed by atoms with Gasteiger partial charge in [-0.3, -0.25) is 4.79 Å². The van der Waals surface area contributed by atoms with Gasteiger partial charge in [-0.2, -0.15) is 0 Å². The van der Waals surface area contributed by atoms with Crippen molar-refractivity contribution in [3.05, 3.63) is 0 Å². The molecule has 0 aromatic heterocycles. The summed E-state index contributed by atoms with van der Waals surface area (Å²) in [6.45, 7) is 2.68. The number of nitrogens with zero attached hydrogens (tertiary/aromatic N) is 1. The topological polar surface area (TPSA) is 78.9 Å². The number of ether oxygens (including phenoxy) is 1. The Hall–Kier alpha value is -1.30. The first-order chi connectivity index (χ1) is 8.00. The van der Waals surface area contributed by atoms with Crippen LogP contribution in [0.25, 0.3) is 0 Å². The molecule has 98 valence electrons. The molecule has 2 amide bonds. The van der Waals surface area contributed by atoms with Gasteiger partial charge < -0.3 is 20.1 Å². The molecule has 0 spiro atoms. The van der Waals surface area contributed by atoms with E-state index in [9.17, 15) is 9.59 Å². The van der Waals surface area contributed by atoms with Gasteiger partial charge in [0.2, 0.25) is 0 Å². The Morgan fingerprint density at radius 1 is 1.53 bits per heavy atom. The van der Waals surface area contributed by atoms with E-state index in [2.05, 4.69) is 5.32 Å². The van der Waals surface area contributed by atoms with E-state index in [0.29, 0.717) is 6.54 Å². The maximum absolute atomic E-state index is 11.6. The largest absolute Gasteiger partial charge is 0.480 e. The highest BCUT2D eigenvalue weighted by atomic mass is 16.5. The fraction of sp³-hybridized carbons (Fsp3) is 0.818. The van der Waals surface area contributed by atoms with Crippen LogP contribution in [0.1, 0.15) is 26.2 Å². The number of hydrogen-bond donors (Lipinski definition) is 2. The Kier molecular flexibility index (Phi) is 5.21. The molecule has 6 nitrogen and oxygen atoms in total. The van der Waals surface area contributed by atoms with E-state index in [1.165, 1.54) is 11.8 Å². The molecule has 0 aromatic carbocycles. The lowest BCUT2D eigenvalue weighted by molar-refractivity contribution is -0.138. The van der Waals surface area contributed by atoms with E-state index < -0.39 is 12.0 Å². The highest BCUT2D eigenvalue weighted by Crippen LogP contribution is 2.13. The van der Waals surface area contributed by atoms with Crippen molar-refractivity contribution in [3.8, 4) is 0 Å². The second-order valence-corrected chi connectivity index (χ2v) is 4.38. The Labute approximate surface area is 101 Å². The second-order valence-electron chi connectivity index (χ2n) is 4.38. The summed E-state index contributed by atoms with van der Waals surface area (Å²) in [5.41, 5.74) is 0. The van der Waals surface area contributed by atoms with Gasteiger partial charge in [-0.25, -0.2) is 4.79 Å². The van der Waals surface area contributed by atoms with Gasteiger partial charge >= 0.3 is 12.0 Å². The molecule has 0 aromatic rings. The van der Waals surface area contributed by atoms with Gasteiger partial charge in [0.25, 0.3) is 0 Å². The lowest BCUT2D eigenvalue weighted by Crippen LogP contribution is -2.47. The summed E-state index contributed by atoms with van der Waals surface area (Å²) < 4.78 is 5.51. The fourth-order valence-electron chi connectivity index (χ4n) is 1.70. The number of urea groups is 1. The first-order valence-electron chi connectivity index (χ1n) is 5.86. The predicted octanol–water partition coefficient (Wildman–Crippen LogP) is 0.670. The van der Waals surface area contributed by atoms with E-state index in [0.717, 1.165) is 25.9 Å². The van der Waals surface area contributed by atoms with Crippen LogP contribution in [0.15, 0.2) is 0 Å². The SMILES string of the molecule is C[C@@H](NC(=O)N(C)CC1CCCCO1)C(=O)O. The van der Waals surface area contributed by atoms with Crippen LogP contribution in [0.3, 0.4) is 0 Å². The molecule has 2 atom stereocenters. The number of aliphatic carboxylic acids is 1. The van der Waals surface area contributed by atoms with E-state index in [1.807, 2.05) is 0 Å². The quantitative estimate of drug-likeness (QED) is 0.762. The van der Waals surface area contributed by atoms with Crippen molar-refractivity contribution in [1.82, 2.24) is 10.2 Å². The molecule has 17 heavy (non-hydrogen) atoms. The van der Waals surface area contributed by atoms with Gasteiger partial charge in [0.05, 0.1) is 6.10 Å². The third-order valence-corrected chi connectivity index (χ3v) is 2.81. The van der Waals surface area contributed by atoms with Crippen molar-refractivity contribution in [2.24, 2.45) is 0 Å². The molecule has 2 N–H and O–H groups in total. The van der Waals surface area contributed by atoms with Crippen LogP contribution in [0, 0.1) is 0 Å². The molecule has 0 saturated carbocycles. The normalized spacial score (nSPS) is 21.6. The molecule has 1 aliphatic rings. The van der Waals surface area contributed by atoms with Gasteiger partial charge in [-0.05, 0) is 26.2 Å². The maximum Gasteiger partial charge on any atom is 0.325 e. The lowest BCUT2D eigenvalue weighted by atomic mass is 10.1. The molecule has 1 heterocycles. The summed E-state index contributed by atoms with van der Waals surface area (Å²) in [4.78, 5) is 23.7. The zero-order valence-electron chi connectivity index (χ0n) is 10.3. The summed E-state index contributed by atoms with van der Waals surface area (Å²) in [7, 11) is 1.64. The molecule has 1 aliphatic heterocycles. The van der Waals surface area contributed by atoms with Crippen molar-refractivity contribution in [3.63, 3.8) is 0 Å². The van der Waals surface area contributed by atoms with Crippen molar-refractivity contribution in [2.75, 3.05) is 20.2 Å². The predicted molar refractivity (Wildman–Crippen MR) is 61.9 cm³/mol. The lowest BCUT2D eigenvalue weighted by Gasteiger charge is -2.28. The van der Waals surface area contributed by atoms with E-state index >= 15 is 0 Å². The molecule has 1 saturated heterocycles. The van der Waals surface area contributed by atoms with Gasteiger partial charge in [0, 0.05) is 20.2 Å². The van der Waals surface area contributed by atoms with Crippen LogP contribution >= 0.6 is 0 Å². The average molecular weight is 244 g/mol. The van der Waals surface area contributed by atoms with E-state index in [4.69, 9.17) is 9.84 Å². The highest BCUT2D eigenvalue weighted by molar-refractivity contribution is 5.82. The van der Waals surface area contributed by atoms with Crippen molar-refractivity contribution in [1.29, 1.82) is 0 Å². The number of hydrogen-bond acceptors (Lipinski definition) is 3. The van der Waals surface area contributed by atoms with Crippen LogP contribution in [0.2, 0.25) is 0 Å². The number of rotatable bonds is 4. The highest BCUT2D eigenvalue weighted by Gasteiger charge is 2.21. The van der Waals surface area contributed by atoms with Crippen LogP contribution in [0.4, 0.5) is 4.79 Å². The zero-order chi connectivity index (χ0) is 12.8. The summed E-state index contributed by atoms with van der Waals surface area (Å²) in [6, 6.07) is -1.26. The molecule has 1 unspecified atom stereocenters. The van der Waals surface area contributed by atoms with Crippen molar-refractivity contribution in [2.45, 2.75) is 38.3 Å². The molecule has 0 bridgehead atoms. The van der Waals surface area contributed by atoms with Gasteiger partial charge in [0.1, 0.15) is 6.04 Å². The molecule has 1 rings (SSSR count). The monoisotopic (exact) mass is 244 g/mol. The number of likely N-dealkylation sites (N-methyl/N-ethyl adjacent to an activating group) is 1. The third kappa shape index (κ3) is 4.60. The Bertz CT molecular complexity index is 277. The Balaban J connectivity index is 2.33. The van der Waals surface area contributed by atoms with Crippen molar-refractivity contribution >= 4 is 12.0 Å². The second kappa shape index (κ2) is 6.44. The minimum absolute atomic E-state index is 0.0691. The third-order valence-electron chi connectivity index (χ3n) is 2.81. The minimum atomic E-state index is -1.04. The number of carboxylic acid groups (broad SMARTS) is 1. The number of carbonyl (C=O) groups is 2. The molecule has 0 radical (unpaired) electrons. The van der Waals surface area contributed by atoms with Gasteiger partial charge in [-0.15, -0.1) is 0 Å². The molecular weight excluding hydrogens is 224 g/mol. The number of carboxylic acids is 1. The van der Waals surface area contributed by atoms with Crippen LogP contribution < -0.4 is 5.32 Å². The van der Waals surface area contributed by atoms with E-state index in [1.54, 1.807) is 7.05 Å². The number of amides is 2. The maximum atomic E-state index is 11.6. The Morgan fingerprint density at radius 3 is 2.76 bits per heavy atom. The number of nitrogens with one attached hydrogen (secondary N) is 1. The first kappa shape index (κ1) is 13.8.